The van der Waals surface area contributed by atoms with Crippen LogP contribution in [0, 0.1) is 0 Å². The van der Waals surface area contributed by atoms with E-state index in [9.17, 15) is 4.79 Å². The molecule has 3 heterocycles. The molecule has 6 heteroatoms. The van der Waals surface area contributed by atoms with Crippen LogP contribution in [0.1, 0.15) is 0 Å². The molecule has 0 bridgehead atoms. The topological polar surface area (TPSA) is 71.7 Å². The monoisotopic (exact) mass is 234 g/mol. The van der Waals surface area contributed by atoms with E-state index in [2.05, 4.69) is 9.88 Å². The summed E-state index contributed by atoms with van der Waals surface area (Å²) in [6.45, 7) is 2.70. The van der Waals surface area contributed by atoms with Crippen LogP contribution in [0.2, 0.25) is 0 Å². The number of ether oxygens (including phenoxy) is 1. The number of nitrogen functional groups attached to an aromatic ring is 1. The van der Waals surface area contributed by atoms with Gasteiger partial charge in [-0.2, -0.15) is 0 Å². The molecule has 0 aromatic carbocycles. The number of pyridine rings is 1. The predicted molar refractivity (Wildman–Crippen MR) is 62.7 cm³/mol. The van der Waals surface area contributed by atoms with E-state index >= 15 is 0 Å². The highest BCUT2D eigenvalue weighted by Crippen LogP contribution is 2.26. The van der Waals surface area contributed by atoms with Crippen LogP contribution < -0.4 is 10.6 Å². The number of carbonyl (C=O) groups is 1. The summed E-state index contributed by atoms with van der Waals surface area (Å²) in [5.74, 6) is 0. The zero-order chi connectivity index (χ0) is 11.8. The Morgan fingerprint density at radius 2 is 2.35 bits per heavy atom. The molecule has 2 aliphatic heterocycles. The number of hydrogen-bond acceptors (Lipinski definition) is 5. The fourth-order valence-corrected chi connectivity index (χ4v) is 2.39. The van der Waals surface area contributed by atoms with Gasteiger partial charge in [-0.05, 0) is 6.07 Å². The number of aromatic nitrogens is 1. The van der Waals surface area contributed by atoms with Crippen LogP contribution in [0.25, 0.3) is 0 Å². The molecule has 0 spiro atoms. The number of hydrogen-bond donors (Lipinski definition) is 1. The maximum Gasteiger partial charge on any atom is 0.410 e. The molecular weight excluding hydrogens is 220 g/mol. The molecular formula is C11H14N4O2. The van der Waals surface area contributed by atoms with E-state index in [1.165, 1.54) is 0 Å². The van der Waals surface area contributed by atoms with Gasteiger partial charge in [0.1, 0.15) is 6.61 Å². The first kappa shape index (κ1) is 10.2. The summed E-state index contributed by atoms with van der Waals surface area (Å²) in [6.07, 6.45) is 3.18. The maximum atomic E-state index is 11.4. The molecule has 2 aliphatic rings. The third-order valence-corrected chi connectivity index (χ3v) is 3.28. The van der Waals surface area contributed by atoms with Gasteiger partial charge in [-0.15, -0.1) is 0 Å². The molecule has 0 aliphatic carbocycles. The Labute approximate surface area is 99.0 Å². The molecule has 6 nitrogen and oxygen atoms in total. The van der Waals surface area contributed by atoms with Crippen molar-refractivity contribution in [1.82, 2.24) is 9.88 Å². The van der Waals surface area contributed by atoms with Crippen LogP contribution in [0.5, 0.6) is 0 Å². The molecule has 2 saturated heterocycles. The van der Waals surface area contributed by atoms with Gasteiger partial charge in [0, 0.05) is 25.8 Å². The van der Waals surface area contributed by atoms with E-state index in [1.807, 2.05) is 6.07 Å². The van der Waals surface area contributed by atoms with Crippen LogP contribution in [0.3, 0.4) is 0 Å². The minimum absolute atomic E-state index is 0.142. The molecule has 1 aromatic rings. The number of rotatable bonds is 1. The molecule has 1 unspecified atom stereocenters. The maximum absolute atomic E-state index is 11.4. The second-order valence-electron chi connectivity index (χ2n) is 4.30. The zero-order valence-corrected chi connectivity index (χ0v) is 9.37. The predicted octanol–water partition coefficient (Wildman–Crippen LogP) is 0.305. The Balaban J connectivity index is 1.80. The van der Waals surface area contributed by atoms with E-state index < -0.39 is 0 Å². The van der Waals surface area contributed by atoms with Gasteiger partial charge in [-0.3, -0.25) is 9.88 Å². The second kappa shape index (κ2) is 3.80. The van der Waals surface area contributed by atoms with Crippen LogP contribution >= 0.6 is 0 Å². The molecule has 1 amide bonds. The quantitative estimate of drug-likeness (QED) is 0.757. The summed E-state index contributed by atoms with van der Waals surface area (Å²) >= 11 is 0. The Morgan fingerprint density at radius 1 is 1.47 bits per heavy atom. The number of carbonyl (C=O) groups excluding carboxylic acids is 1. The summed E-state index contributed by atoms with van der Waals surface area (Å²) in [5, 5.41) is 0. The third kappa shape index (κ3) is 1.65. The van der Waals surface area contributed by atoms with E-state index in [4.69, 9.17) is 10.5 Å². The molecule has 1 atom stereocenters. The number of amides is 1. The van der Waals surface area contributed by atoms with Gasteiger partial charge >= 0.3 is 6.09 Å². The highest BCUT2D eigenvalue weighted by molar-refractivity contribution is 5.72. The molecule has 90 valence electrons. The average Bonchev–Trinajstić information content (AvgIpc) is 2.71. The summed E-state index contributed by atoms with van der Waals surface area (Å²) in [5.41, 5.74) is 7.56. The summed E-state index contributed by atoms with van der Waals surface area (Å²) < 4.78 is 5.03. The standard InChI is InChI=1S/C11H14N4O2/c12-9-5-13-2-1-10(9)14-3-4-15-8(6-14)7-17-11(15)16/h1-2,5,8H,3-4,6-7,12H2. The third-order valence-electron chi connectivity index (χ3n) is 3.28. The Morgan fingerprint density at radius 3 is 3.18 bits per heavy atom. The van der Waals surface area contributed by atoms with Crippen molar-refractivity contribution in [2.24, 2.45) is 0 Å². The molecule has 2 N–H and O–H groups in total. The summed E-state index contributed by atoms with van der Waals surface area (Å²) in [6, 6.07) is 2.05. The first-order valence-electron chi connectivity index (χ1n) is 5.63. The van der Waals surface area contributed by atoms with E-state index in [0.717, 1.165) is 18.8 Å². The lowest BCUT2D eigenvalue weighted by molar-refractivity contribution is 0.157. The van der Waals surface area contributed by atoms with Crippen LogP contribution in [0.15, 0.2) is 18.5 Å². The van der Waals surface area contributed by atoms with Crippen molar-refractivity contribution in [2.75, 3.05) is 36.9 Å². The Bertz CT molecular complexity index is 451. The molecule has 0 radical (unpaired) electrons. The van der Waals surface area contributed by atoms with E-state index in [-0.39, 0.29) is 12.1 Å². The number of anilines is 2. The molecule has 0 saturated carbocycles. The van der Waals surface area contributed by atoms with Gasteiger partial charge in [-0.1, -0.05) is 0 Å². The Kier molecular flexibility index (Phi) is 2.28. The van der Waals surface area contributed by atoms with Crippen molar-refractivity contribution in [3.8, 4) is 0 Å². The highest BCUT2D eigenvalue weighted by Gasteiger charge is 2.37. The average molecular weight is 234 g/mol. The van der Waals surface area contributed by atoms with Crippen LogP contribution in [0.4, 0.5) is 16.2 Å². The molecule has 2 fully saturated rings. The normalized spacial score (nSPS) is 23.5. The van der Waals surface area contributed by atoms with E-state index in [1.54, 1.807) is 17.3 Å². The summed E-state index contributed by atoms with van der Waals surface area (Å²) in [4.78, 5) is 19.3. The molecule has 3 rings (SSSR count). The van der Waals surface area contributed by atoms with Gasteiger partial charge < -0.3 is 15.4 Å². The number of cyclic esters (lactones) is 1. The number of fused-ring (bicyclic) bond motifs is 1. The minimum atomic E-state index is -0.197. The van der Waals surface area contributed by atoms with Crippen molar-refractivity contribution < 1.29 is 9.53 Å². The van der Waals surface area contributed by atoms with E-state index in [0.29, 0.717) is 18.8 Å². The van der Waals surface area contributed by atoms with Gasteiger partial charge in [0.05, 0.1) is 23.6 Å². The molecule has 17 heavy (non-hydrogen) atoms. The number of nitrogens with zero attached hydrogens (tertiary/aromatic N) is 3. The first-order chi connectivity index (χ1) is 8.25. The van der Waals surface area contributed by atoms with Gasteiger partial charge in [0.15, 0.2) is 0 Å². The van der Waals surface area contributed by atoms with Crippen LogP contribution in [-0.2, 0) is 4.74 Å². The van der Waals surface area contributed by atoms with Crippen LogP contribution in [-0.4, -0.2) is 48.3 Å². The molecule has 1 aromatic heterocycles. The number of piperazine rings is 1. The minimum Gasteiger partial charge on any atom is -0.447 e. The lowest BCUT2D eigenvalue weighted by Crippen LogP contribution is -2.52. The largest absolute Gasteiger partial charge is 0.447 e. The van der Waals surface area contributed by atoms with Crippen molar-refractivity contribution in [1.29, 1.82) is 0 Å². The summed E-state index contributed by atoms with van der Waals surface area (Å²) in [7, 11) is 0. The van der Waals surface area contributed by atoms with Crippen molar-refractivity contribution in [2.45, 2.75) is 6.04 Å². The SMILES string of the molecule is Nc1cnccc1N1CCN2C(=O)OCC2C1. The fraction of sp³-hybridized carbons (Fsp3) is 0.455. The lowest BCUT2D eigenvalue weighted by Gasteiger charge is -2.37. The lowest BCUT2D eigenvalue weighted by atomic mass is 10.2. The smallest absolute Gasteiger partial charge is 0.410 e. The van der Waals surface area contributed by atoms with Gasteiger partial charge in [-0.25, -0.2) is 4.79 Å². The second-order valence-corrected chi connectivity index (χ2v) is 4.30. The fourth-order valence-electron chi connectivity index (χ4n) is 2.39. The van der Waals surface area contributed by atoms with Crippen molar-refractivity contribution >= 4 is 17.5 Å². The van der Waals surface area contributed by atoms with Crippen molar-refractivity contribution in [3.63, 3.8) is 0 Å². The number of nitrogens with two attached hydrogens (primary N) is 1. The highest BCUT2D eigenvalue weighted by atomic mass is 16.6. The Hall–Kier alpha value is -1.98. The van der Waals surface area contributed by atoms with Crippen molar-refractivity contribution in [3.05, 3.63) is 18.5 Å². The van der Waals surface area contributed by atoms with Gasteiger partial charge in [0.25, 0.3) is 0 Å². The zero-order valence-electron chi connectivity index (χ0n) is 9.37. The first-order valence-corrected chi connectivity index (χ1v) is 5.63. The van der Waals surface area contributed by atoms with Gasteiger partial charge in [0.2, 0.25) is 0 Å².